The molecule has 1 rings (SSSR count). The van der Waals surface area contributed by atoms with E-state index in [4.69, 9.17) is 10.5 Å². The molecule has 0 aliphatic rings. The maximum absolute atomic E-state index is 6.51. The van der Waals surface area contributed by atoms with E-state index in [0.29, 0.717) is 0 Å². The highest BCUT2D eigenvalue weighted by atomic mass is 16.5. The minimum atomic E-state index is 0.104. The monoisotopic (exact) mass is 278 g/mol. The van der Waals surface area contributed by atoms with Crippen molar-refractivity contribution in [2.45, 2.75) is 51.1 Å². The lowest BCUT2D eigenvalue weighted by Gasteiger charge is -2.43. The van der Waals surface area contributed by atoms with Crippen LogP contribution in [0.4, 0.5) is 0 Å². The van der Waals surface area contributed by atoms with E-state index in [1.54, 1.807) is 7.11 Å². The summed E-state index contributed by atoms with van der Waals surface area (Å²) < 4.78 is 5.18. The molecule has 0 amide bonds. The molecule has 0 fully saturated rings. The molecule has 3 nitrogen and oxygen atoms in total. The molecule has 3 heteroatoms. The number of rotatable bonds is 8. The molecule has 0 aromatic heterocycles. The summed E-state index contributed by atoms with van der Waals surface area (Å²) in [7, 11) is 5.97. The maximum Gasteiger partial charge on any atom is 0.118 e. The van der Waals surface area contributed by atoms with Crippen LogP contribution in [0.2, 0.25) is 0 Å². The third kappa shape index (κ3) is 3.74. The summed E-state index contributed by atoms with van der Waals surface area (Å²) >= 11 is 0. The van der Waals surface area contributed by atoms with Crippen molar-refractivity contribution >= 4 is 0 Å². The van der Waals surface area contributed by atoms with E-state index in [-0.39, 0.29) is 11.6 Å². The molecule has 1 aromatic carbocycles. The standard InChI is InChI=1S/C17H30N2O/c1-6-17(7-2,19(3)4)16(18)13-10-14-8-11-15(20-5)12-9-14/h8-9,11-12,16H,6-7,10,13,18H2,1-5H3. The predicted molar refractivity (Wildman–Crippen MR) is 86.3 cm³/mol. The Hall–Kier alpha value is -1.06. The van der Waals surface area contributed by atoms with Crippen molar-refractivity contribution in [3.8, 4) is 5.75 Å². The van der Waals surface area contributed by atoms with Gasteiger partial charge in [-0.05, 0) is 57.5 Å². The van der Waals surface area contributed by atoms with Gasteiger partial charge in [-0.2, -0.15) is 0 Å². The molecule has 0 aliphatic heterocycles. The van der Waals surface area contributed by atoms with Crippen molar-refractivity contribution in [1.82, 2.24) is 4.90 Å². The number of hydrogen-bond acceptors (Lipinski definition) is 3. The van der Waals surface area contributed by atoms with Crippen molar-refractivity contribution in [3.05, 3.63) is 29.8 Å². The van der Waals surface area contributed by atoms with Gasteiger partial charge in [-0.25, -0.2) is 0 Å². The molecule has 20 heavy (non-hydrogen) atoms. The van der Waals surface area contributed by atoms with Crippen LogP contribution in [0, 0.1) is 0 Å². The van der Waals surface area contributed by atoms with Crippen LogP contribution in [0.3, 0.4) is 0 Å². The van der Waals surface area contributed by atoms with Crippen LogP contribution in [-0.2, 0) is 6.42 Å². The number of methoxy groups -OCH3 is 1. The summed E-state index contributed by atoms with van der Waals surface area (Å²) in [4.78, 5) is 2.30. The Kier molecular flexibility index (Phi) is 6.50. The third-order valence-electron chi connectivity index (χ3n) is 4.71. The Labute approximate surface area is 124 Å². The van der Waals surface area contributed by atoms with Crippen LogP contribution in [0.1, 0.15) is 38.7 Å². The van der Waals surface area contributed by atoms with Crippen molar-refractivity contribution in [1.29, 1.82) is 0 Å². The van der Waals surface area contributed by atoms with Gasteiger partial charge in [0.1, 0.15) is 5.75 Å². The third-order valence-corrected chi connectivity index (χ3v) is 4.71. The Balaban J connectivity index is 2.66. The first-order chi connectivity index (χ1) is 9.50. The second-order valence-corrected chi connectivity index (χ2v) is 5.70. The number of nitrogens with zero attached hydrogens (tertiary/aromatic N) is 1. The molecule has 0 spiro atoms. The second kappa shape index (κ2) is 7.65. The van der Waals surface area contributed by atoms with Crippen molar-refractivity contribution < 1.29 is 4.74 Å². The van der Waals surface area contributed by atoms with Crippen LogP contribution in [0.15, 0.2) is 24.3 Å². The largest absolute Gasteiger partial charge is 0.497 e. The van der Waals surface area contributed by atoms with E-state index in [0.717, 1.165) is 31.4 Å². The zero-order chi connectivity index (χ0) is 15.2. The van der Waals surface area contributed by atoms with Crippen LogP contribution in [-0.4, -0.2) is 37.7 Å². The number of benzene rings is 1. The quantitative estimate of drug-likeness (QED) is 0.794. The van der Waals surface area contributed by atoms with Crippen LogP contribution >= 0.6 is 0 Å². The molecular formula is C17H30N2O. The Morgan fingerprint density at radius 2 is 1.70 bits per heavy atom. The highest BCUT2D eigenvalue weighted by Gasteiger charge is 2.34. The lowest BCUT2D eigenvalue weighted by Crippen LogP contribution is -2.56. The summed E-state index contributed by atoms with van der Waals surface area (Å²) in [5.41, 5.74) is 7.94. The molecule has 0 aliphatic carbocycles. The van der Waals surface area contributed by atoms with Crippen LogP contribution < -0.4 is 10.5 Å². The molecule has 1 unspecified atom stereocenters. The minimum Gasteiger partial charge on any atom is -0.497 e. The molecule has 0 radical (unpaired) electrons. The number of nitrogens with two attached hydrogens (primary N) is 1. The van der Waals surface area contributed by atoms with Crippen LogP contribution in [0.5, 0.6) is 5.75 Å². The van der Waals surface area contributed by atoms with Gasteiger partial charge >= 0.3 is 0 Å². The minimum absolute atomic E-state index is 0.104. The van der Waals surface area contributed by atoms with E-state index >= 15 is 0 Å². The van der Waals surface area contributed by atoms with Crippen molar-refractivity contribution in [2.75, 3.05) is 21.2 Å². The van der Waals surface area contributed by atoms with Crippen LogP contribution in [0.25, 0.3) is 0 Å². The van der Waals surface area contributed by atoms with E-state index in [2.05, 4.69) is 45.0 Å². The fourth-order valence-corrected chi connectivity index (χ4v) is 3.12. The Morgan fingerprint density at radius 3 is 2.10 bits per heavy atom. The summed E-state index contributed by atoms with van der Waals surface area (Å²) in [6.45, 7) is 4.47. The van der Waals surface area contributed by atoms with E-state index in [1.165, 1.54) is 5.56 Å². The van der Waals surface area contributed by atoms with Gasteiger partial charge < -0.3 is 15.4 Å². The van der Waals surface area contributed by atoms with E-state index in [1.807, 2.05) is 12.1 Å². The Morgan fingerprint density at radius 1 is 1.15 bits per heavy atom. The molecule has 0 bridgehead atoms. The van der Waals surface area contributed by atoms with Gasteiger partial charge in [0.2, 0.25) is 0 Å². The maximum atomic E-state index is 6.51. The first kappa shape index (κ1) is 17.0. The first-order valence-corrected chi connectivity index (χ1v) is 7.56. The lowest BCUT2D eigenvalue weighted by molar-refractivity contribution is 0.102. The van der Waals surface area contributed by atoms with Gasteiger partial charge in [0.05, 0.1) is 7.11 Å². The van der Waals surface area contributed by atoms with E-state index in [9.17, 15) is 0 Å². The molecular weight excluding hydrogens is 248 g/mol. The number of ether oxygens (including phenoxy) is 1. The molecule has 0 saturated heterocycles. The van der Waals surface area contributed by atoms with Gasteiger partial charge in [-0.3, -0.25) is 0 Å². The topological polar surface area (TPSA) is 38.5 Å². The average Bonchev–Trinajstić information content (AvgIpc) is 2.47. The van der Waals surface area contributed by atoms with Crippen molar-refractivity contribution in [2.24, 2.45) is 5.73 Å². The number of aryl methyl sites for hydroxylation is 1. The zero-order valence-corrected chi connectivity index (χ0v) is 13.6. The fraction of sp³-hybridized carbons (Fsp3) is 0.647. The van der Waals surface area contributed by atoms with Gasteiger partial charge in [0, 0.05) is 11.6 Å². The summed E-state index contributed by atoms with van der Waals surface area (Å²) in [6, 6.07) is 8.47. The SMILES string of the molecule is CCC(CC)(C(N)CCc1ccc(OC)cc1)N(C)C. The second-order valence-electron chi connectivity index (χ2n) is 5.70. The van der Waals surface area contributed by atoms with E-state index < -0.39 is 0 Å². The van der Waals surface area contributed by atoms with Gasteiger partial charge in [-0.15, -0.1) is 0 Å². The molecule has 1 atom stereocenters. The summed E-state index contributed by atoms with van der Waals surface area (Å²) in [5.74, 6) is 0.905. The fourth-order valence-electron chi connectivity index (χ4n) is 3.12. The summed E-state index contributed by atoms with van der Waals surface area (Å²) in [5, 5.41) is 0. The van der Waals surface area contributed by atoms with Gasteiger partial charge in [-0.1, -0.05) is 26.0 Å². The highest BCUT2D eigenvalue weighted by Crippen LogP contribution is 2.27. The predicted octanol–water partition coefficient (Wildman–Crippen LogP) is 3.08. The zero-order valence-electron chi connectivity index (χ0n) is 13.6. The molecule has 114 valence electrons. The highest BCUT2D eigenvalue weighted by molar-refractivity contribution is 5.27. The Bertz CT molecular complexity index is 382. The lowest BCUT2D eigenvalue weighted by atomic mass is 9.81. The normalized spacial score (nSPS) is 13.6. The first-order valence-electron chi connectivity index (χ1n) is 7.56. The smallest absolute Gasteiger partial charge is 0.118 e. The molecule has 2 N–H and O–H groups in total. The molecule has 0 saturated carbocycles. The van der Waals surface area contributed by atoms with Crippen molar-refractivity contribution in [3.63, 3.8) is 0 Å². The number of likely N-dealkylation sites (N-methyl/N-ethyl adjacent to an activating group) is 1. The molecule has 1 aromatic rings. The van der Waals surface area contributed by atoms with Gasteiger partial charge in [0.25, 0.3) is 0 Å². The average molecular weight is 278 g/mol. The van der Waals surface area contributed by atoms with Gasteiger partial charge in [0.15, 0.2) is 0 Å². The summed E-state index contributed by atoms with van der Waals surface area (Å²) in [6.07, 6.45) is 4.19. The molecule has 0 heterocycles. The number of hydrogen-bond donors (Lipinski definition) is 1.